The lowest BCUT2D eigenvalue weighted by molar-refractivity contribution is -0.147. The van der Waals surface area contributed by atoms with E-state index in [0.29, 0.717) is 5.56 Å². The first-order valence-corrected chi connectivity index (χ1v) is 7.51. The van der Waals surface area contributed by atoms with Gasteiger partial charge in [0.2, 0.25) is 0 Å². The summed E-state index contributed by atoms with van der Waals surface area (Å²) in [5.74, 6) is -1.33. The lowest BCUT2D eigenvalue weighted by atomic mass is 10.1. The fourth-order valence-electron chi connectivity index (χ4n) is 2.21. The Bertz CT molecular complexity index is 583. The molecule has 0 spiro atoms. The van der Waals surface area contributed by atoms with Crippen molar-refractivity contribution < 1.29 is 23.9 Å². The molecule has 132 valence electrons. The van der Waals surface area contributed by atoms with E-state index in [9.17, 15) is 14.4 Å². The molecule has 0 aliphatic heterocycles. The summed E-state index contributed by atoms with van der Waals surface area (Å²) >= 11 is 0. The number of amides is 1. The van der Waals surface area contributed by atoms with Gasteiger partial charge in [0.05, 0.1) is 14.2 Å². The molecule has 1 unspecified atom stereocenters. The predicted octanol–water partition coefficient (Wildman–Crippen LogP) is 1.32. The molecule has 1 rings (SSSR count). The van der Waals surface area contributed by atoms with Crippen molar-refractivity contribution in [2.24, 2.45) is 0 Å². The minimum Gasteiger partial charge on any atom is -0.469 e. The van der Waals surface area contributed by atoms with E-state index < -0.39 is 18.0 Å². The predicted molar refractivity (Wildman–Crippen MR) is 89.9 cm³/mol. The van der Waals surface area contributed by atoms with Crippen LogP contribution in [0.2, 0.25) is 0 Å². The second-order valence-corrected chi connectivity index (χ2v) is 5.51. The van der Waals surface area contributed by atoms with E-state index in [4.69, 9.17) is 4.74 Å². The minimum atomic E-state index is -0.852. The van der Waals surface area contributed by atoms with Gasteiger partial charge in [0.15, 0.2) is 0 Å². The summed E-state index contributed by atoms with van der Waals surface area (Å²) in [4.78, 5) is 39.1. The summed E-state index contributed by atoms with van der Waals surface area (Å²) in [6, 6.07) is 6.19. The van der Waals surface area contributed by atoms with Gasteiger partial charge >= 0.3 is 11.9 Å². The Labute approximate surface area is 142 Å². The molecule has 24 heavy (non-hydrogen) atoms. The molecule has 0 fully saturated rings. The molecule has 0 aliphatic carbocycles. The number of benzene rings is 1. The lowest BCUT2D eigenvalue weighted by Gasteiger charge is -2.26. The molecule has 1 aromatic rings. The Balaban J connectivity index is 2.91. The van der Waals surface area contributed by atoms with Crippen LogP contribution in [-0.2, 0) is 19.1 Å². The number of likely N-dealkylation sites (N-methyl/N-ethyl adjacent to an activating group) is 1. The molecule has 0 heterocycles. The molecule has 0 radical (unpaired) electrons. The van der Waals surface area contributed by atoms with Crippen molar-refractivity contribution >= 4 is 23.5 Å². The number of methoxy groups -OCH3 is 2. The minimum absolute atomic E-state index is 0.0213. The maximum Gasteiger partial charge on any atom is 0.328 e. The van der Waals surface area contributed by atoms with Crippen LogP contribution in [0.5, 0.6) is 0 Å². The number of nitrogens with zero attached hydrogens (tertiary/aromatic N) is 2. The van der Waals surface area contributed by atoms with E-state index >= 15 is 0 Å². The molecular formula is C17H24N2O5. The monoisotopic (exact) mass is 336 g/mol. The van der Waals surface area contributed by atoms with Crippen LogP contribution in [0, 0.1) is 0 Å². The van der Waals surface area contributed by atoms with Crippen molar-refractivity contribution in [1.29, 1.82) is 0 Å². The van der Waals surface area contributed by atoms with E-state index in [2.05, 4.69) is 4.74 Å². The van der Waals surface area contributed by atoms with Crippen molar-refractivity contribution in [2.45, 2.75) is 18.9 Å². The van der Waals surface area contributed by atoms with Crippen molar-refractivity contribution in [3.8, 4) is 0 Å². The third-order valence-electron chi connectivity index (χ3n) is 3.74. The highest BCUT2D eigenvalue weighted by Crippen LogP contribution is 2.16. The summed E-state index contributed by atoms with van der Waals surface area (Å²) in [5, 5.41) is 0. The van der Waals surface area contributed by atoms with Crippen molar-refractivity contribution in [2.75, 3.05) is 40.3 Å². The van der Waals surface area contributed by atoms with Gasteiger partial charge in [0.1, 0.15) is 6.04 Å². The Hall–Kier alpha value is -2.57. The van der Waals surface area contributed by atoms with Crippen LogP contribution in [0.1, 0.15) is 23.2 Å². The Morgan fingerprint density at radius 1 is 1.00 bits per heavy atom. The van der Waals surface area contributed by atoms with Crippen molar-refractivity contribution in [1.82, 2.24) is 4.90 Å². The molecule has 0 aliphatic rings. The molecular weight excluding hydrogens is 312 g/mol. The van der Waals surface area contributed by atoms with E-state index in [1.807, 2.05) is 31.1 Å². The van der Waals surface area contributed by atoms with Crippen LogP contribution >= 0.6 is 0 Å². The maximum absolute atomic E-state index is 12.6. The molecule has 1 atom stereocenters. The number of carbonyl (C=O) groups excluding carboxylic acids is 3. The van der Waals surface area contributed by atoms with Gasteiger partial charge in [-0.25, -0.2) is 4.79 Å². The summed E-state index contributed by atoms with van der Waals surface area (Å²) in [5.41, 5.74) is 1.42. The summed E-state index contributed by atoms with van der Waals surface area (Å²) in [7, 11) is 7.85. The average molecular weight is 336 g/mol. The Morgan fingerprint density at radius 3 is 2.04 bits per heavy atom. The van der Waals surface area contributed by atoms with Crippen molar-refractivity contribution in [3.63, 3.8) is 0 Å². The smallest absolute Gasteiger partial charge is 0.328 e. The van der Waals surface area contributed by atoms with Gasteiger partial charge in [0.25, 0.3) is 5.91 Å². The van der Waals surface area contributed by atoms with E-state index in [1.165, 1.54) is 26.2 Å². The zero-order valence-corrected chi connectivity index (χ0v) is 14.7. The average Bonchev–Trinajstić information content (AvgIpc) is 2.60. The molecule has 1 amide bonds. The lowest BCUT2D eigenvalue weighted by Crippen LogP contribution is -2.43. The zero-order valence-electron chi connectivity index (χ0n) is 14.7. The van der Waals surface area contributed by atoms with Gasteiger partial charge in [-0.15, -0.1) is 0 Å². The molecule has 0 bridgehead atoms. The fourth-order valence-corrected chi connectivity index (χ4v) is 2.21. The first kappa shape index (κ1) is 19.5. The number of ether oxygens (including phenoxy) is 2. The molecule has 0 aromatic heterocycles. The first-order chi connectivity index (χ1) is 11.3. The molecule has 7 heteroatoms. The van der Waals surface area contributed by atoms with Gasteiger partial charge in [-0.2, -0.15) is 0 Å². The van der Waals surface area contributed by atoms with E-state index in [-0.39, 0.29) is 18.7 Å². The van der Waals surface area contributed by atoms with E-state index in [0.717, 1.165) is 5.69 Å². The number of hydrogen-bond acceptors (Lipinski definition) is 6. The van der Waals surface area contributed by atoms with Gasteiger partial charge in [-0.3, -0.25) is 9.59 Å². The standard InChI is InChI=1S/C17H24N2O5/c1-18(2)13-8-6-12(7-9-13)16(21)19(3)14(17(22)24-5)10-11-15(20)23-4/h6-9,14H,10-11H2,1-5H3. The molecule has 0 saturated carbocycles. The third kappa shape index (κ3) is 4.97. The highest BCUT2D eigenvalue weighted by molar-refractivity contribution is 5.97. The normalized spacial score (nSPS) is 11.4. The summed E-state index contributed by atoms with van der Waals surface area (Å²) < 4.78 is 9.32. The number of carbonyl (C=O) groups is 3. The maximum atomic E-state index is 12.6. The van der Waals surface area contributed by atoms with Gasteiger partial charge in [0, 0.05) is 38.8 Å². The highest BCUT2D eigenvalue weighted by atomic mass is 16.5. The number of esters is 2. The Kier molecular flexibility index (Phi) is 7.23. The van der Waals surface area contributed by atoms with Gasteiger partial charge in [-0.1, -0.05) is 0 Å². The second-order valence-electron chi connectivity index (χ2n) is 5.51. The molecule has 7 nitrogen and oxygen atoms in total. The summed E-state index contributed by atoms with van der Waals surface area (Å²) in [6.07, 6.45) is 0.158. The largest absolute Gasteiger partial charge is 0.469 e. The topological polar surface area (TPSA) is 76.2 Å². The molecule has 0 N–H and O–H groups in total. The second kappa shape index (κ2) is 8.90. The Morgan fingerprint density at radius 2 is 1.58 bits per heavy atom. The molecule has 1 aromatic carbocycles. The third-order valence-corrected chi connectivity index (χ3v) is 3.74. The van der Waals surface area contributed by atoms with E-state index in [1.54, 1.807) is 12.1 Å². The zero-order chi connectivity index (χ0) is 18.3. The highest BCUT2D eigenvalue weighted by Gasteiger charge is 2.29. The van der Waals surface area contributed by atoms with Crippen LogP contribution in [0.25, 0.3) is 0 Å². The van der Waals surface area contributed by atoms with Crippen LogP contribution in [-0.4, -0.2) is 64.2 Å². The fraction of sp³-hybridized carbons (Fsp3) is 0.471. The first-order valence-electron chi connectivity index (χ1n) is 7.51. The summed E-state index contributed by atoms with van der Waals surface area (Å²) in [6.45, 7) is 0. The number of rotatable bonds is 7. The number of anilines is 1. The van der Waals surface area contributed by atoms with Gasteiger partial charge in [-0.05, 0) is 30.7 Å². The van der Waals surface area contributed by atoms with Gasteiger partial charge < -0.3 is 19.3 Å². The van der Waals surface area contributed by atoms with Crippen LogP contribution in [0.3, 0.4) is 0 Å². The molecule has 0 saturated heterocycles. The SMILES string of the molecule is COC(=O)CCC(C(=O)OC)N(C)C(=O)c1ccc(N(C)C)cc1. The number of hydrogen-bond donors (Lipinski definition) is 0. The van der Waals surface area contributed by atoms with Crippen molar-refractivity contribution in [3.05, 3.63) is 29.8 Å². The van der Waals surface area contributed by atoms with Crippen LogP contribution < -0.4 is 4.90 Å². The van der Waals surface area contributed by atoms with Crippen LogP contribution in [0.15, 0.2) is 24.3 Å². The van der Waals surface area contributed by atoms with Crippen LogP contribution in [0.4, 0.5) is 5.69 Å². The quantitative estimate of drug-likeness (QED) is 0.699.